The normalized spacial score (nSPS) is 29.2. The van der Waals surface area contributed by atoms with Gasteiger partial charge in [-0.15, -0.1) is 0 Å². The van der Waals surface area contributed by atoms with E-state index in [4.69, 9.17) is 14.2 Å². The van der Waals surface area contributed by atoms with Gasteiger partial charge in [-0.2, -0.15) is 0 Å². The first-order valence-electron chi connectivity index (χ1n) is 5.82. The maximum Gasteiger partial charge on any atom is 1.00 e. The van der Waals surface area contributed by atoms with Crippen LogP contribution in [0.3, 0.4) is 0 Å². The van der Waals surface area contributed by atoms with Crippen LogP contribution in [0.4, 0.5) is 0 Å². The summed E-state index contributed by atoms with van der Waals surface area (Å²) < 4.78 is 15.9. The summed E-state index contributed by atoms with van der Waals surface area (Å²) in [5.74, 6) is -2.22. The number of cyclic esters (lactones) is 1. The van der Waals surface area contributed by atoms with Crippen molar-refractivity contribution in [1.29, 1.82) is 0 Å². The minimum Gasteiger partial charge on any atom is -1.00 e. The minimum absolute atomic E-state index is 0. The molecule has 0 aromatic heterocycles. The van der Waals surface area contributed by atoms with E-state index in [1.54, 1.807) is 0 Å². The van der Waals surface area contributed by atoms with Crippen molar-refractivity contribution in [3.63, 3.8) is 0 Å². The SMILES string of the molecule is O=C1O[C@H]([C@@H]2COC(c3ccccc3)O2)C(O)=C1O.[H-].[Na+]. The number of carbonyl (C=O) groups is 1. The number of carbonyl (C=O) groups excluding carboxylic acids is 1. The quantitative estimate of drug-likeness (QED) is 0.507. The number of aliphatic hydroxyl groups is 2. The molecule has 1 aromatic carbocycles. The Balaban J connectivity index is 0.00000110. The fraction of sp³-hybridized carbons (Fsp3) is 0.308. The van der Waals surface area contributed by atoms with Crippen LogP contribution in [0.25, 0.3) is 0 Å². The van der Waals surface area contributed by atoms with Gasteiger partial charge in [-0.1, -0.05) is 30.3 Å². The molecule has 2 aliphatic rings. The molecule has 0 aliphatic carbocycles. The molecule has 0 saturated carbocycles. The van der Waals surface area contributed by atoms with Crippen LogP contribution in [-0.2, 0) is 19.0 Å². The van der Waals surface area contributed by atoms with Crippen molar-refractivity contribution in [2.75, 3.05) is 6.61 Å². The number of esters is 1. The number of aliphatic hydroxyl groups excluding tert-OH is 2. The van der Waals surface area contributed by atoms with Gasteiger partial charge in [0.05, 0.1) is 6.61 Å². The Hall–Kier alpha value is -1.05. The molecule has 2 aliphatic heterocycles. The van der Waals surface area contributed by atoms with Crippen LogP contribution in [0, 0.1) is 0 Å². The van der Waals surface area contributed by atoms with Gasteiger partial charge in [-0.25, -0.2) is 4.79 Å². The van der Waals surface area contributed by atoms with E-state index >= 15 is 0 Å². The zero-order valence-corrected chi connectivity index (χ0v) is 12.9. The first-order chi connectivity index (χ1) is 9.16. The summed E-state index contributed by atoms with van der Waals surface area (Å²) in [7, 11) is 0. The van der Waals surface area contributed by atoms with Crippen molar-refractivity contribution in [3.05, 3.63) is 47.4 Å². The molecule has 0 radical (unpaired) electrons. The van der Waals surface area contributed by atoms with Crippen molar-refractivity contribution in [1.82, 2.24) is 0 Å². The van der Waals surface area contributed by atoms with Crippen LogP contribution in [0.2, 0.25) is 0 Å². The van der Waals surface area contributed by atoms with Crippen LogP contribution >= 0.6 is 0 Å². The molecule has 0 spiro atoms. The average molecular weight is 288 g/mol. The van der Waals surface area contributed by atoms with Gasteiger partial charge >= 0.3 is 35.5 Å². The number of hydrogen-bond donors (Lipinski definition) is 2. The Morgan fingerprint density at radius 3 is 2.50 bits per heavy atom. The molecule has 2 heterocycles. The fourth-order valence-electron chi connectivity index (χ4n) is 2.08. The van der Waals surface area contributed by atoms with Crippen molar-refractivity contribution >= 4 is 5.97 Å². The first-order valence-corrected chi connectivity index (χ1v) is 5.82. The molecule has 20 heavy (non-hydrogen) atoms. The largest absolute Gasteiger partial charge is 1.00 e. The van der Waals surface area contributed by atoms with Crippen molar-refractivity contribution in [2.24, 2.45) is 0 Å². The van der Waals surface area contributed by atoms with Gasteiger partial charge in [0, 0.05) is 5.56 Å². The second-order valence-corrected chi connectivity index (χ2v) is 4.31. The van der Waals surface area contributed by atoms with E-state index < -0.39 is 36.0 Å². The smallest absolute Gasteiger partial charge is 1.00 e. The Labute approximate surface area is 138 Å². The molecule has 6 nitrogen and oxygen atoms in total. The number of rotatable bonds is 2. The van der Waals surface area contributed by atoms with E-state index in [0.717, 1.165) is 5.56 Å². The monoisotopic (exact) mass is 288 g/mol. The average Bonchev–Trinajstić information content (AvgIpc) is 3.01. The molecule has 0 bridgehead atoms. The van der Waals surface area contributed by atoms with Gasteiger partial charge in [-0.05, 0) is 0 Å². The van der Waals surface area contributed by atoms with E-state index in [9.17, 15) is 15.0 Å². The van der Waals surface area contributed by atoms with Gasteiger partial charge < -0.3 is 25.9 Å². The maximum atomic E-state index is 11.1. The summed E-state index contributed by atoms with van der Waals surface area (Å²) in [4.78, 5) is 11.1. The Morgan fingerprint density at radius 2 is 1.90 bits per heavy atom. The third-order valence-corrected chi connectivity index (χ3v) is 3.06. The second kappa shape index (κ2) is 6.15. The summed E-state index contributed by atoms with van der Waals surface area (Å²) >= 11 is 0. The van der Waals surface area contributed by atoms with E-state index in [-0.39, 0.29) is 37.6 Å². The zero-order chi connectivity index (χ0) is 13.4. The fourth-order valence-corrected chi connectivity index (χ4v) is 2.08. The van der Waals surface area contributed by atoms with Gasteiger partial charge in [0.2, 0.25) is 5.76 Å². The third kappa shape index (κ3) is 2.70. The Bertz CT molecular complexity index is 535. The van der Waals surface area contributed by atoms with Gasteiger partial charge in [0.1, 0.15) is 6.10 Å². The molecule has 2 N–H and O–H groups in total. The molecule has 1 fully saturated rings. The van der Waals surface area contributed by atoms with Gasteiger partial charge in [0.25, 0.3) is 0 Å². The predicted molar refractivity (Wildman–Crippen MR) is 63.3 cm³/mol. The molecule has 3 atom stereocenters. The summed E-state index contributed by atoms with van der Waals surface area (Å²) in [6, 6.07) is 9.28. The standard InChI is InChI=1S/C13H12O6.Na.H/c14-9-10(15)12(16)19-11(9)8-6-17-13(18-8)7-4-2-1-3-5-7;;/h1-5,8,11,13-15H,6H2;;/q;+1;-1/t8-,11+,13?;;/m0../s1. The number of ether oxygens (including phenoxy) is 3. The number of hydrogen-bond acceptors (Lipinski definition) is 6. The van der Waals surface area contributed by atoms with Crippen LogP contribution < -0.4 is 29.6 Å². The molecular weight excluding hydrogens is 275 g/mol. The first kappa shape index (κ1) is 15.3. The summed E-state index contributed by atoms with van der Waals surface area (Å²) in [5.41, 5.74) is 0.835. The molecule has 3 rings (SSSR count). The van der Waals surface area contributed by atoms with Gasteiger partial charge in [0.15, 0.2) is 18.2 Å². The summed E-state index contributed by atoms with van der Waals surface area (Å²) in [6.07, 6.45) is -2.22. The molecule has 7 heteroatoms. The molecule has 102 valence electrons. The van der Waals surface area contributed by atoms with Crippen LogP contribution in [0.1, 0.15) is 13.3 Å². The molecule has 1 aromatic rings. The van der Waals surface area contributed by atoms with Crippen LogP contribution in [0.5, 0.6) is 0 Å². The zero-order valence-electron chi connectivity index (χ0n) is 11.9. The molecule has 0 amide bonds. The van der Waals surface area contributed by atoms with E-state index in [1.807, 2.05) is 30.3 Å². The van der Waals surface area contributed by atoms with Crippen LogP contribution in [0.15, 0.2) is 41.9 Å². The topological polar surface area (TPSA) is 85.2 Å². The summed E-state index contributed by atoms with van der Waals surface area (Å²) in [6.45, 7) is 0.162. The van der Waals surface area contributed by atoms with Crippen LogP contribution in [-0.4, -0.2) is 35.0 Å². The predicted octanol–water partition coefficient (Wildman–Crippen LogP) is -1.53. The van der Waals surface area contributed by atoms with E-state index in [0.29, 0.717) is 0 Å². The maximum absolute atomic E-state index is 11.1. The molecule has 1 saturated heterocycles. The van der Waals surface area contributed by atoms with Crippen molar-refractivity contribution in [2.45, 2.75) is 18.5 Å². The number of benzene rings is 1. The minimum atomic E-state index is -1.01. The van der Waals surface area contributed by atoms with E-state index in [1.165, 1.54) is 0 Å². The van der Waals surface area contributed by atoms with E-state index in [2.05, 4.69) is 0 Å². The van der Waals surface area contributed by atoms with Crippen molar-refractivity contribution in [3.8, 4) is 0 Å². The third-order valence-electron chi connectivity index (χ3n) is 3.06. The van der Waals surface area contributed by atoms with Crippen molar-refractivity contribution < 1.29 is 60.2 Å². The van der Waals surface area contributed by atoms with Gasteiger partial charge in [-0.3, -0.25) is 0 Å². The second-order valence-electron chi connectivity index (χ2n) is 4.31. The Morgan fingerprint density at radius 1 is 1.20 bits per heavy atom. The summed E-state index contributed by atoms with van der Waals surface area (Å²) in [5, 5.41) is 18.8. The molecule has 1 unspecified atom stereocenters. The Kier molecular flexibility index (Phi) is 4.72. The molecular formula is C13H13NaO6.